The first-order valence-corrected chi connectivity index (χ1v) is 28.7. The van der Waals surface area contributed by atoms with Gasteiger partial charge in [0.05, 0.1) is 0 Å². The number of alkyl halides is 1. The largest absolute Gasteiger partial charge is 0.0620 e. The molecule has 0 radical (unpaired) electrons. The van der Waals surface area contributed by atoms with E-state index in [4.69, 9.17) is 18.1 Å². The minimum absolute atomic E-state index is 0.0264. The zero-order chi connectivity index (χ0) is 41.4. The topological polar surface area (TPSA) is 49.0 Å². The predicted molar refractivity (Wildman–Crippen MR) is 249 cm³/mol. The molecule has 6 aromatic carbocycles. The molecule has 0 bridgehead atoms. The Bertz CT molecular complexity index is 1910. The summed E-state index contributed by atoms with van der Waals surface area (Å²) in [6, 6.07) is 56.1. The second-order valence-electron chi connectivity index (χ2n) is 16.6. The third-order valence-corrected chi connectivity index (χ3v) is 19.4. The maximum Gasteiger partial charge on any atom is -0.0590 e. The van der Waals surface area contributed by atoms with E-state index in [9.17, 15) is 0 Å². The normalized spacial score (nSPS) is 19.0. The molecule has 2 heterocycles. The van der Waals surface area contributed by atoms with E-state index in [0.717, 1.165) is 99.5 Å². The van der Waals surface area contributed by atoms with Crippen LogP contribution in [-0.2, 0) is 60.4 Å². The van der Waals surface area contributed by atoms with Crippen LogP contribution in [0.1, 0.15) is 70.2 Å². The molecule has 6 aromatic rings. The summed E-state index contributed by atoms with van der Waals surface area (Å²) in [5.74, 6) is 1.89. The fourth-order valence-electron chi connectivity index (χ4n) is 8.13. The Labute approximate surface area is 376 Å². The second kappa shape index (κ2) is 23.2. The molecule has 3 atom stereocenters. The van der Waals surface area contributed by atoms with Crippen LogP contribution in [0, 0.1) is 5.41 Å². The summed E-state index contributed by atoms with van der Waals surface area (Å²) in [4.78, 5) is 0. The van der Waals surface area contributed by atoms with Gasteiger partial charge in [-0.05, 0) is 11.1 Å². The van der Waals surface area contributed by atoms with Crippen LogP contribution >= 0.6 is 14.5 Å². The van der Waals surface area contributed by atoms with Gasteiger partial charge in [-0.15, -0.1) is 0 Å². The van der Waals surface area contributed by atoms with E-state index >= 15 is 0 Å². The van der Waals surface area contributed by atoms with Gasteiger partial charge in [0.15, 0.2) is 0 Å². The maximum absolute atomic E-state index is 6.74. The average Bonchev–Trinajstić information content (AvgIpc) is 3.30. The number of hydrogen-bond donors (Lipinski definition) is 1. The molecule has 8 rings (SSSR count). The van der Waals surface area contributed by atoms with Gasteiger partial charge in [-0.1, -0.05) is 60.7 Å². The maximum atomic E-state index is 6.74. The Kier molecular flexibility index (Phi) is 16.7. The summed E-state index contributed by atoms with van der Waals surface area (Å²) in [5, 5.41) is 3.66. The number of nitrogens with one attached hydrogen (secondary N) is 1. The van der Waals surface area contributed by atoms with E-state index in [2.05, 4.69) is 163 Å². The van der Waals surface area contributed by atoms with Crippen molar-refractivity contribution in [2.45, 2.75) is 77.0 Å². The van der Waals surface area contributed by atoms with E-state index in [1.54, 1.807) is 0 Å². The van der Waals surface area contributed by atoms with Crippen molar-refractivity contribution in [3.05, 3.63) is 202 Å². The molecule has 0 aliphatic carbocycles. The summed E-state index contributed by atoms with van der Waals surface area (Å²) < 4.78 is 27.5. The average molecular weight is 963 g/mol. The molecule has 318 valence electrons. The summed E-state index contributed by atoms with van der Waals surface area (Å²) >= 11 is -0.309. The van der Waals surface area contributed by atoms with Gasteiger partial charge in [-0.3, -0.25) is 0 Å². The van der Waals surface area contributed by atoms with Crippen molar-refractivity contribution in [1.29, 1.82) is 0 Å². The molecule has 2 aliphatic heterocycles. The SMILES string of the molecule is c1ccc(CCCc2cc(CCCc3ccccc3)cc(OP3NCC4(CO3)COP(Oc3cc(CCCc5ccccc5)cc(CCCc5ccccc5)c3)[I-]C4)c2)cc1. The van der Waals surface area contributed by atoms with Gasteiger partial charge in [0.25, 0.3) is 0 Å². The van der Waals surface area contributed by atoms with Crippen LogP contribution in [0.5, 0.6) is 11.5 Å². The second-order valence-corrected chi connectivity index (χ2v) is 24.2. The fraction of sp³-hybridized carbons (Fsp3) is 0.321. The molecule has 8 heteroatoms. The molecule has 0 aromatic heterocycles. The number of halogens is 1. The molecule has 3 unspecified atom stereocenters. The van der Waals surface area contributed by atoms with Crippen LogP contribution < -0.4 is 34.8 Å². The van der Waals surface area contributed by atoms with Crippen LogP contribution in [0.25, 0.3) is 0 Å². The first-order valence-electron chi connectivity index (χ1n) is 22.1. The third-order valence-electron chi connectivity index (χ3n) is 11.5. The molecule has 2 aliphatic rings. The predicted octanol–water partition coefficient (Wildman–Crippen LogP) is 10.0. The van der Waals surface area contributed by atoms with Gasteiger partial charge in [-0.25, -0.2) is 0 Å². The zero-order valence-corrected chi connectivity index (χ0v) is 39.2. The smallest absolute Gasteiger partial charge is 0.0590 e. The minimum Gasteiger partial charge on any atom is -0.0620 e. The van der Waals surface area contributed by atoms with Gasteiger partial charge >= 0.3 is 307 Å². The van der Waals surface area contributed by atoms with Gasteiger partial charge in [0.1, 0.15) is 0 Å². The van der Waals surface area contributed by atoms with E-state index in [0.29, 0.717) is 13.2 Å². The van der Waals surface area contributed by atoms with Crippen LogP contribution in [0.15, 0.2) is 158 Å². The van der Waals surface area contributed by atoms with E-state index in [-0.39, 0.29) is 26.1 Å². The molecule has 2 fully saturated rings. The summed E-state index contributed by atoms with van der Waals surface area (Å²) in [6.45, 7) is 2.14. The van der Waals surface area contributed by atoms with Crippen LogP contribution in [0.4, 0.5) is 0 Å². The Morgan fingerprint density at radius 1 is 0.443 bits per heavy atom. The molecule has 0 amide bonds. The number of rotatable bonds is 20. The summed E-state index contributed by atoms with van der Waals surface area (Å²) in [7, 11) is -1.24. The molecule has 61 heavy (non-hydrogen) atoms. The first kappa shape index (κ1) is 44.0. The molecule has 0 saturated carbocycles. The molecule has 5 nitrogen and oxygen atoms in total. The molecule has 1 spiro atoms. The number of hydrogen-bond acceptors (Lipinski definition) is 5. The summed E-state index contributed by atoms with van der Waals surface area (Å²) in [6.07, 6.45) is 12.9. The van der Waals surface area contributed by atoms with Gasteiger partial charge in [-0.2, -0.15) is 0 Å². The Morgan fingerprint density at radius 3 is 1.15 bits per heavy atom. The molecular formula is C53H59INO4P2-. The standard InChI is InChI=1S/C53H59INO4P2/c1-5-17-43(18-6-1)25-13-29-47-33-48(30-14-26-44-19-7-2-8-20-44)36-51(35-47)58-60-54-39-53(41-56-60)40-55-61(57-42-53)59-52-37-49(31-15-27-45-21-9-3-10-22-45)34-50(38-52)32-16-28-46-23-11-4-12-24-46/h1-12,17-24,33-38,55H,13-16,25-32,39-42H2/q-1. The molecule has 2 saturated heterocycles. The summed E-state index contributed by atoms with van der Waals surface area (Å²) in [5.41, 5.74) is 10.9. The van der Waals surface area contributed by atoms with Crippen molar-refractivity contribution in [2.24, 2.45) is 5.41 Å². The quantitative estimate of drug-likeness (QED) is 0.0470. The molecular weight excluding hydrogens is 903 g/mol. The van der Waals surface area contributed by atoms with Crippen LogP contribution in [0.3, 0.4) is 0 Å². The van der Waals surface area contributed by atoms with Crippen molar-refractivity contribution in [1.82, 2.24) is 5.09 Å². The van der Waals surface area contributed by atoms with Crippen molar-refractivity contribution in [2.75, 3.05) is 24.2 Å². The van der Waals surface area contributed by atoms with Crippen LogP contribution in [-0.4, -0.2) is 24.2 Å². The zero-order valence-electron chi connectivity index (χ0n) is 35.2. The fourth-order valence-corrected chi connectivity index (χ4v) is 16.5. The van der Waals surface area contributed by atoms with Gasteiger partial charge in [0.2, 0.25) is 0 Å². The minimum atomic E-state index is -1.24. The van der Waals surface area contributed by atoms with Crippen LogP contribution in [0.2, 0.25) is 0 Å². The number of aryl methyl sites for hydroxylation is 8. The number of benzene rings is 6. The van der Waals surface area contributed by atoms with Gasteiger partial charge < -0.3 is 0 Å². The van der Waals surface area contributed by atoms with E-state index < -0.39 is 14.5 Å². The van der Waals surface area contributed by atoms with Crippen molar-refractivity contribution < 1.29 is 38.8 Å². The molecule has 1 N–H and O–H groups in total. The van der Waals surface area contributed by atoms with Crippen molar-refractivity contribution in [3.63, 3.8) is 0 Å². The Hall–Kier alpha value is -3.61. The van der Waals surface area contributed by atoms with Gasteiger partial charge in [0, 0.05) is 0 Å². The third kappa shape index (κ3) is 14.2. The Balaban J connectivity index is 0.842. The van der Waals surface area contributed by atoms with E-state index in [1.165, 1.54) is 44.5 Å². The van der Waals surface area contributed by atoms with E-state index in [1.807, 2.05) is 0 Å². The first-order chi connectivity index (χ1) is 30.1. The monoisotopic (exact) mass is 962 g/mol. The van der Waals surface area contributed by atoms with Crippen molar-refractivity contribution in [3.8, 4) is 11.5 Å². The van der Waals surface area contributed by atoms with Crippen molar-refractivity contribution >= 4 is 14.5 Å². The Morgan fingerprint density at radius 2 is 0.803 bits per heavy atom.